The maximum absolute atomic E-state index is 11.5. The van der Waals surface area contributed by atoms with E-state index >= 15 is 0 Å². The molecule has 0 aliphatic carbocycles. The molecule has 17 heavy (non-hydrogen) atoms. The number of pyridine rings is 1. The molecule has 0 aromatic carbocycles. The summed E-state index contributed by atoms with van der Waals surface area (Å²) >= 11 is 0. The summed E-state index contributed by atoms with van der Waals surface area (Å²) in [6.07, 6.45) is 2.71. The van der Waals surface area contributed by atoms with Gasteiger partial charge in [0.15, 0.2) is 0 Å². The fraction of sp³-hybridized carbons (Fsp3) is 0.538. The van der Waals surface area contributed by atoms with Crippen LogP contribution in [-0.2, 0) is 9.53 Å². The van der Waals surface area contributed by atoms with Gasteiger partial charge in [-0.05, 0) is 31.9 Å². The average Bonchev–Trinajstić information content (AvgIpc) is 2.29. The third-order valence-corrected chi connectivity index (χ3v) is 2.40. The summed E-state index contributed by atoms with van der Waals surface area (Å²) in [5, 5.41) is 0. The van der Waals surface area contributed by atoms with Gasteiger partial charge >= 0.3 is 5.97 Å². The van der Waals surface area contributed by atoms with E-state index in [4.69, 9.17) is 4.74 Å². The number of aryl methyl sites for hydroxylation is 1. The Kier molecular flexibility index (Phi) is 5.46. The molecule has 1 rings (SSSR count). The molecule has 0 aliphatic heterocycles. The lowest BCUT2D eigenvalue weighted by molar-refractivity contribution is -0.141. The summed E-state index contributed by atoms with van der Waals surface area (Å²) in [7, 11) is 0. The topological polar surface area (TPSA) is 42.4 Å². The lowest BCUT2D eigenvalue weighted by atomic mass is 10.2. The van der Waals surface area contributed by atoms with Crippen LogP contribution in [0.5, 0.6) is 0 Å². The van der Waals surface area contributed by atoms with Gasteiger partial charge in [0.1, 0.15) is 12.4 Å². The van der Waals surface area contributed by atoms with E-state index < -0.39 is 0 Å². The highest BCUT2D eigenvalue weighted by molar-refractivity contribution is 5.75. The Bertz CT molecular complexity index is 366. The van der Waals surface area contributed by atoms with Gasteiger partial charge in [-0.3, -0.25) is 4.79 Å². The highest BCUT2D eigenvalue weighted by Gasteiger charge is 2.14. The smallest absolute Gasteiger partial charge is 0.325 e. The summed E-state index contributed by atoms with van der Waals surface area (Å²) < 4.78 is 4.97. The molecule has 4 heteroatoms. The Morgan fingerprint density at radius 3 is 2.82 bits per heavy atom. The minimum atomic E-state index is -0.203. The molecule has 1 heterocycles. The van der Waals surface area contributed by atoms with Gasteiger partial charge in [0.05, 0.1) is 6.61 Å². The first-order valence-electron chi connectivity index (χ1n) is 6.01. The van der Waals surface area contributed by atoms with Crippen molar-refractivity contribution >= 4 is 11.8 Å². The average molecular weight is 236 g/mol. The first kappa shape index (κ1) is 13.5. The fourth-order valence-electron chi connectivity index (χ4n) is 1.70. The second-order valence-corrected chi connectivity index (χ2v) is 3.87. The minimum absolute atomic E-state index is 0.203. The van der Waals surface area contributed by atoms with E-state index in [0.717, 1.165) is 24.3 Å². The Morgan fingerprint density at radius 2 is 2.24 bits per heavy atom. The first-order valence-corrected chi connectivity index (χ1v) is 6.01. The van der Waals surface area contributed by atoms with Gasteiger partial charge in [-0.25, -0.2) is 4.98 Å². The van der Waals surface area contributed by atoms with Crippen molar-refractivity contribution in [2.75, 3.05) is 24.6 Å². The van der Waals surface area contributed by atoms with Crippen molar-refractivity contribution in [2.45, 2.75) is 27.2 Å². The highest BCUT2D eigenvalue weighted by atomic mass is 16.5. The van der Waals surface area contributed by atoms with E-state index in [2.05, 4.69) is 11.9 Å². The van der Waals surface area contributed by atoms with Crippen molar-refractivity contribution in [3.05, 3.63) is 23.9 Å². The van der Waals surface area contributed by atoms with E-state index in [1.165, 1.54) is 0 Å². The van der Waals surface area contributed by atoms with Crippen molar-refractivity contribution in [3.63, 3.8) is 0 Å². The maximum Gasteiger partial charge on any atom is 0.325 e. The molecule has 1 aromatic rings. The predicted molar refractivity (Wildman–Crippen MR) is 68.1 cm³/mol. The number of nitrogens with zero attached hydrogens (tertiary/aromatic N) is 2. The molecule has 0 atom stereocenters. The lowest BCUT2D eigenvalue weighted by Gasteiger charge is -2.23. The number of hydrogen-bond donors (Lipinski definition) is 0. The van der Waals surface area contributed by atoms with Gasteiger partial charge in [0.25, 0.3) is 0 Å². The summed E-state index contributed by atoms with van der Waals surface area (Å²) in [5.41, 5.74) is 1.07. The number of carbonyl (C=O) groups is 1. The van der Waals surface area contributed by atoms with Crippen LogP contribution in [0, 0.1) is 6.92 Å². The standard InChI is InChI=1S/C13H20N2O2/c1-4-9-15(10-12(16)17-5-2)13-11(3)7-6-8-14-13/h6-8H,4-5,9-10H2,1-3H3. The van der Waals surface area contributed by atoms with Crippen LogP contribution in [0.3, 0.4) is 0 Å². The molecule has 0 saturated heterocycles. The zero-order chi connectivity index (χ0) is 12.7. The van der Waals surface area contributed by atoms with Gasteiger partial charge in [-0.2, -0.15) is 0 Å². The summed E-state index contributed by atoms with van der Waals surface area (Å²) in [6, 6.07) is 3.89. The molecule has 4 nitrogen and oxygen atoms in total. The molecule has 0 amide bonds. The van der Waals surface area contributed by atoms with Crippen LogP contribution in [0.1, 0.15) is 25.8 Å². The van der Waals surface area contributed by atoms with E-state index in [1.807, 2.05) is 30.9 Å². The normalized spacial score (nSPS) is 10.1. The molecule has 0 N–H and O–H groups in total. The quantitative estimate of drug-likeness (QED) is 0.710. The van der Waals surface area contributed by atoms with Crippen molar-refractivity contribution in [1.82, 2.24) is 4.98 Å². The number of hydrogen-bond acceptors (Lipinski definition) is 4. The number of rotatable bonds is 6. The molecule has 0 radical (unpaired) electrons. The number of aromatic nitrogens is 1. The Labute approximate surface area is 103 Å². The van der Waals surface area contributed by atoms with Crippen molar-refractivity contribution in [3.8, 4) is 0 Å². The molecule has 0 aliphatic rings. The van der Waals surface area contributed by atoms with Crippen LogP contribution in [0.2, 0.25) is 0 Å². The van der Waals surface area contributed by atoms with Gasteiger partial charge in [-0.1, -0.05) is 13.0 Å². The van der Waals surface area contributed by atoms with Gasteiger partial charge < -0.3 is 9.64 Å². The van der Waals surface area contributed by atoms with Crippen molar-refractivity contribution in [1.29, 1.82) is 0 Å². The van der Waals surface area contributed by atoms with E-state index in [-0.39, 0.29) is 12.5 Å². The van der Waals surface area contributed by atoms with Crippen LogP contribution in [0.25, 0.3) is 0 Å². The van der Waals surface area contributed by atoms with Crippen molar-refractivity contribution in [2.24, 2.45) is 0 Å². The molecular formula is C13H20N2O2. The SMILES string of the molecule is CCCN(CC(=O)OCC)c1ncccc1C. The third-order valence-electron chi connectivity index (χ3n) is 2.40. The molecule has 0 saturated carbocycles. The second-order valence-electron chi connectivity index (χ2n) is 3.87. The summed E-state index contributed by atoms with van der Waals surface area (Å²) in [4.78, 5) is 17.8. The maximum atomic E-state index is 11.5. The molecule has 0 bridgehead atoms. The fourth-order valence-corrected chi connectivity index (χ4v) is 1.70. The lowest BCUT2D eigenvalue weighted by Crippen LogP contribution is -2.32. The van der Waals surface area contributed by atoms with Gasteiger partial charge in [0, 0.05) is 12.7 Å². The number of anilines is 1. The Balaban J connectivity index is 2.78. The number of carbonyl (C=O) groups excluding carboxylic acids is 1. The van der Waals surface area contributed by atoms with Crippen LogP contribution in [0.15, 0.2) is 18.3 Å². The largest absolute Gasteiger partial charge is 0.465 e. The van der Waals surface area contributed by atoms with Crippen LogP contribution in [0.4, 0.5) is 5.82 Å². The zero-order valence-electron chi connectivity index (χ0n) is 10.8. The number of ether oxygens (including phenoxy) is 1. The molecule has 0 fully saturated rings. The van der Waals surface area contributed by atoms with E-state index in [9.17, 15) is 4.79 Å². The minimum Gasteiger partial charge on any atom is -0.465 e. The molecule has 0 spiro atoms. The highest BCUT2D eigenvalue weighted by Crippen LogP contribution is 2.16. The monoisotopic (exact) mass is 236 g/mol. The Hall–Kier alpha value is -1.58. The van der Waals surface area contributed by atoms with Gasteiger partial charge in [0.2, 0.25) is 0 Å². The molecule has 0 unspecified atom stereocenters. The molecule has 1 aromatic heterocycles. The summed E-state index contributed by atoms with van der Waals surface area (Å²) in [5.74, 6) is 0.661. The number of esters is 1. The molecular weight excluding hydrogens is 216 g/mol. The second kappa shape index (κ2) is 6.89. The van der Waals surface area contributed by atoms with Crippen LogP contribution >= 0.6 is 0 Å². The molecule has 94 valence electrons. The van der Waals surface area contributed by atoms with Crippen molar-refractivity contribution < 1.29 is 9.53 Å². The van der Waals surface area contributed by atoms with E-state index in [0.29, 0.717) is 6.61 Å². The predicted octanol–water partition coefficient (Wildman–Crippen LogP) is 2.17. The first-order chi connectivity index (χ1) is 8.19. The van der Waals surface area contributed by atoms with E-state index in [1.54, 1.807) is 6.20 Å². The van der Waals surface area contributed by atoms with Gasteiger partial charge in [-0.15, -0.1) is 0 Å². The summed E-state index contributed by atoms with van der Waals surface area (Å²) in [6.45, 7) is 7.37. The third kappa shape index (κ3) is 4.06. The Morgan fingerprint density at radius 1 is 1.47 bits per heavy atom. The zero-order valence-corrected chi connectivity index (χ0v) is 10.8. The van der Waals surface area contributed by atoms with Crippen LogP contribution < -0.4 is 4.90 Å². The van der Waals surface area contributed by atoms with Crippen LogP contribution in [-0.4, -0.2) is 30.6 Å².